The van der Waals surface area contributed by atoms with Crippen LogP contribution in [0.15, 0.2) is 35.3 Å². The van der Waals surface area contributed by atoms with Gasteiger partial charge in [-0.05, 0) is 44.5 Å². The standard InChI is InChI=1S/C18H21F2N3O/c1-5-23(4)11-21-17-6-7-18(22-12(17)2)24-13(3)14-8-15(19)10-16(20)9-14/h6-11,13H,5H2,1-4H3/b21-11+/t13-/m1/s1. The molecule has 0 N–H and O–H groups in total. The molecule has 4 nitrogen and oxygen atoms in total. The quantitative estimate of drug-likeness (QED) is 0.580. The third-order valence-electron chi connectivity index (χ3n) is 3.58. The maximum Gasteiger partial charge on any atom is 0.214 e. The van der Waals surface area contributed by atoms with E-state index in [9.17, 15) is 8.78 Å². The molecule has 1 atom stereocenters. The van der Waals surface area contributed by atoms with Gasteiger partial charge in [-0.2, -0.15) is 0 Å². The van der Waals surface area contributed by atoms with E-state index in [2.05, 4.69) is 9.98 Å². The van der Waals surface area contributed by atoms with E-state index in [1.807, 2.05) is 25.8 Å². The predicted molar refractivity (Wildman–Crippen MR) is 90.8 cm³/mol. The zero-order valence-electron chi connectivity index (χ0n) is 14.3. The van der Waals surface area contributed by atoms with Crippen molar-refractivity contribution >= 4 is 12.0 Å². The smallest absolute Gasteiger partial charge is 0.214 e. The van der Waals surface area contributed by atoms with Gasteiger partial charge in [-0.3, -0.25) is 0 Å². The Labute approximate surface area is 140 Å². The lowest BCUT2D eigenvalue weighted by Crippen LogP contribution is -2.14. The Bertz CT molecular complexity index is 714. The highest BCUT2D eigenvalue weighted by atomic mass is 19.1. The molecule has 0 bridgehead atoms. The van der Waals surface area contributed by atoms with E-state index in [1.54, 1.807) is 25.4 Å². The first-order valence-corrected chi connectivity index (χ1v) is 7.73. The fourth-order valence-corrected chi connectivity index (χ4v) is 2.03. The summed E-state index contributed by atoms with van der Waals surface area (Å²) in [7, 11) is 1.93. The molecule has 0 radical (unpaired) electrons. The first kappa shape index (κ1) is 17.8. The van der Waals surface area contributed by atoms with Crippen LogP contribution in [-0.2, 0) is 0 Å². The second kappa shape index (κ2) is 7.86. The molecular formula is C18H21F2N3O. The van der Waals surface area contributed by atoms with Crippen molar-refractivity contribution in [2.45, 2.75) is 26.9 Å². The van der Waals surface area contributed by atoms with Gasteiger partial charge in [0.05, 0.1) is 17.7 Å². The predicted octanol–water partition coefficient (Wildman–Crippen LogP) is 4.42. The van der Waals surface area contributed by atoms with Crippen LogP contribution in [0.5, 0.6) is 5.88 Å². The van der Waals surface area contributed by atoms with E-state index in [-0.39, 0.29) is 0 Å². The summed E-state index contributed by atoms with van der Waals surface area (Å²) in [5.41, 5.74) is 1.87. The Morgan fingerprint density at radius 3 is 2.50 bits per heavy atom. The first-order valence-electron chi connectivity index (χ1n) is 7.73. The van der Waals surface area contributed by atoms with Crippen LogP contribution in [0.25, 0.3) is 0 Å². The van der Waals surface area contributed by atoms with Gasteiger partial charge in [0.15, 0.2) is 0 Å². The molecule has 0 saturated carbocycles. The van der Waals surface area contributed by atoms with Crippen LogP contribution in [-0.4, -0.2) is 29.8 Å². The largest absolute Gasteiger partial charge is 0.470 e. The summed E-state index contributed by atoms with van der Waals surface area (Å²) in [6, 6.07) is 6.83. The van der Waals surface area contributed by atoms with Crippen LogP contribution in [0, 0.1) is 18.6 Å². The molecule has 24 heavy (non-hydrogen) atoms. The van der Waals surface area contributed by atoms with Crippen molar-refractivity contribution in [3.05, 3.63) is 53.2 Å². The van der Waals surface area contributed by atoms with Gasteiger partial charge in [0.25, 0.3) is 0 Å². The van der Waals surface area contributed by atoms with Crippen molar-refractivity contribution in [3.8, 4) is 5.88 Å². The minimum Gasteiger partial charge on any atom is -0.470 e. The van der Waals surface area contributed by atoms with Crippen LogP contribution in [0.1, 0.15) is 31.2 Å². The molecule has 128 valence electrons. The molecule has 0 saturated heterocycles. The molecule has 2 aromatic rings. The average molecular weight is 333 g/mol. The van der Waals surface area contributed by atoms with E-state index in [0.717, 1.165) is 18.3 Å². The minimum absolute atomic E-state index is 0.382. The van der Waals surface area contributed by atoms with E-state index in [0.29, 0.717) is 17.1 Å². The second-order valence-electron chi connectivity index (χ2n) is 5.53. The van der Waals surface area contributed by atoms with Crippen molar-refractivity contribution < 1.29 is 13.5 Å². The Hall–Kier alpha value is -2.50. The highest BCUT2D eigenvalue weighted by Crippen LogP contribution is 2.25. The number of rotatable bonds is 6. The highest BCUT2D eigenvalue weighted by Gasteiger charge is 2.12. The van der Waals surface area contributed by atoms with Crippen LogP contribution in [0.2, 0.25) is 0 Å². The zero-order chi connectivity index (χ0) is 17.7. The third-order valence-corrected chi connectivity index (χ3v) is 3.58. The van der Waals surface area contributed by atoms with Crippen molar-refractivity contribution in [1.82, 2.24) is 9.88 Å². The van der Waals surface area contributed by atoms with Crippen LogP contribution in [0.4, 0.5) is 14.5 Å². The Kier molecular flexibility index (Phi) is 5.84. The van der Waals surface area contributed by atoms with Gasteiger partial charge in [0.2, 0.25) is 5.88 Å². The van der Waals surface area contributed by atoms with E-state index in [4.69, 9.17) is 4.74 Å². The summed E-state index contributed by atoms with van der Waals surface area (Å²) < 4.78 is 32.3. The van der Waals surface area contributed by atoms with Crippen LogP contribution >= 0.6 is 0 Å². The molecule has 2 rings (SSSR count). The number of benzene rings is 1. The zero-order valence-corrected chi connectivity index (χ0v) is 14.3. The number of pyridine rings is 1. The van der Waals surface area contributed by atoms with Crippen LogP contribution < -0.4 is 4.74 Å². The van der Waals surface area contributed by atoms with Gasteiger partial charge in [0, 0.05) is 25.7 Å². The number of hydrogen-bond acceptors (Lipinski definition) is 3. The van der Waals surface area contributed by atoms with Gasteiger partial charge in [-0.15, -0.1) is 0 Å². The van der Waals surface area contributed by atoms with Gasteiger partial charge < -0.3 is 9.64 Å². The Morgan fingerprint density at radius 1 is 1.25 bits per heavy atom. The first-order chi connectivity index (χ1) is 11.4. The van der Waals surface area contributed by atoms with Gasteiger partial charge in [-0.1, -0.05) is 0 Å². The molecule has 0 aliphatic heterocycles. The van der Waals surface area contributed by atoms with E-state index >= 15 is 0 Å². The van der Waals surface area contributed by atoms with Crippen molar-refractivity contribution in [2.24, 2.45) is 4.99 Å². The normalized spacial score (nSPS) is 12.4. The number of hydrogen-bond donors (Lipinski definition) is 0. The lowest BCUT2D eigenvalue weighted by molar-refractivity contribution is 0.216. The minimum atomic E-state index is -0.630. The summed E-state index contributed by atoms with van der Waals surface area (Å²) in [5, 5.41) is 0. The third kappa shape index (κ3) is 4.75. The summed E-state index contributed by atoms with van der Waals surface area (Å²) in [5.74, 6) is -0.879. The fourth-order valence-electron chi connectivity index (χ4n) is 2.03. The molecule has 0 fully saturated rings. The summed E-state index contributed by atoms with van der Waals surface area (Å²) in [6.45, 7) is 6.44. The number of aliphatic imine (C=N–C) groups is 1. The number of nitrogens with zero attached hydrogens (tertiary/aromatic N) is 3. The molecule has 0 spiro atoms. The molecule has 6 heteroatoms. The molecular weight excluding hydrogens is 312 g/mol. The molecule has 0 aliphatic carbocycles. The van der Waals surface area contributed by atoms with E-state index < -0.39 is 17.7 Å². The highest BCUT2D eigenvalue weighted by molar-refractivity contribution is 5.62. The summed E-state index contributed by atoms with van der Waals surface area (Å²) >= 11 is 0. The summed E-state index contributed by atoms with van der Waals surface area (Å²) in [4.78, 5) is 10.7. The SMILES string of the molecule is CCN(C)/C=N/c1ccc(O[C@H](C)c2cc(F)cc(F)c2)nc1C. The van der Waals surface area contributed by atoms with Gasteiger partial charge in [-0.25, -0.2) is 18.8 Å². The molecule has 0 aliphatic rings. The number of halogens is 2. The van der Waals surface area contributed by atoms with Gasteiger partial charge >= 0.3 is 0 Å². The van der Waals surface area contributed by atoms with Crippen LogP contribution in [0.3, 0.4) is 0 Å². The van der Waals surface area contributed by atoms with E-state index in [1.165, 1.54) is 12.1 Å². The molecule has 0 amide bonds. The lowest BCUT2D eigenvalue weighted by Gasteiger charge is -2.15. The Balaban J connectivity index is 2.12. The summed E-state index contributed by atoms with van der Waals surface area (Å²) in [6.07, 6.45) is 1.21. The van der Waals surface area contributed by atoms with Crippen molar-refractivity contribution in [3.63, 3.8) is 0 Å². The number of aromatic nitrogens is 1. The maximum absolute atomic E-state index is 13.3. The topological polar surface area (TPSA) is 37.7 Å². The second-order valence-corrected chi connectivity index (χ2v) is 5.53. The molecule has 1 aromatic carbocycles. The monoisotopic (exact) mass is 333 g/mol. The average Bonchev–Trinajstić information content (AvgIpc) is 2.52. The molecule has 1 aromatic heterocycles. The molecule has 0 unspecified atom stereocenters. The maximum atomic E-state index is 13.3. The number of aryl methyl sites for hydroxylation is 1. The number of ether oxygens (including phenoxy) is 1. The van der Waals surface area contributed by atoms with Crippen molar-refractivity contribution in [2.75, 3.05) is 13.6 Å². The van der Waals surface area contributed by atoms with Crippen molar-refractivity contribution in [1.29, 1.82) is 0 Å². The Morgan fingerprint density at radius 2 is 1.92 bits per heavy atom. The van der Waals surface area contributed by atoms with Gasteiger partial charge in [0.1, 0.15) is 17.7 Å². The fraction of sp³-hybridized carbons (Fsp3) is 0.333. The molecule has 1 heterocycles. The lowest BCUT2D eigenvalue weighted by atomic mass is 10.1.